The molecule has 4 aromatic carbocycles. The molecule has 0 bridgehead atoms. The van der Waals surface area contributed by atoms with Crippen LogP contribution in [0.2, 0.25) is 0 Å². The van der Waals surface area contributed by atoms with Crippen molar-refractivity contribution in [2.24, 2.45) is 0 Å². The Morgan fingerprint density at radius 3 is 1.83 bits per heavy atom. The number of sulfonamides is 1. The molecule has 212 valence electrons. The maximum absolute atomic E-state index is 13.9. The van der Waals surface area contributed by atoms with Gasteiger partial charge in [0.1, 0.15) is 6.54 Å². The number of amides is 1. The first-order chi connectivity index (χ1) is 19.7. The Kier molecular flexibility index (Phi) is 8.57. The lowest BCUT2D eigenvalue weighted by Crippen LogP contribution is -2.52. The molecule has 0 radical (unpaired) electrons. The van der Waals surface area contributed by atoms with Gasteiger partial charge in [-0.2, -0.15) is 0 Å². The summed E-state index contributed by atoms with van der Waals surface area (Å²) >= 11 is 0. The molecular weight excluding hydrogens is 530 g/mol. The molecule has 1 amide bonds. The molecule has 0 aromatic heterocycles. The number of rotatable bonds is 8. The second-order valence-corrected chi connectivity index (χ2v) is 12.6. The monoisotopic (exact) mass is 567 g/mol. The van der Waals surface area contributed by atoms with Crippen LogP contribution in [0.4, 0.5) is 5.69 Å². The maximum atomic E-state index is 13.9. The zero-order valence-electron chi connectivity index (χ0n) is 23.9. The van der Waals surface area contributed by atoms with Gasteiger partial charge in [0.2, 0.25) is 5.91 Å². The van der Waals surface area contributed by atoms with Gasteiger partial charge < -0.3 is 4.90 Å². The van der Waals surface area contributed by atoms with Gasteiger partial charge in [0, 0.05) is 26.2 Å². The lowest BCUT2D eigenvalue weighted by atomic mass is 9.96. The third-order valence-corrected chi connectivity index (χ3v) is 9.56. The molecule has 0 spiro atoms. The van der Waals surface area contributed by atoms with Gasteiger partial charge in [-0.15, -0.1) is 0 Å². The fraction of sp³-hybridized carbons (Fsp3) is 0.265. The molecule has 1 fully saturated rings. The number of carbonyl (C=O) groups excluding carboxylic acids is 1. The second-order valence-electron chi connectivity index (χ2n) is 10.8. The zero-order valence-corrected chi connectivity index (χ0v) is 24.7. The third-order valence-electron chi connectivity index (χ3n) is 7.78. The van der Waals surface area contributed by atoms with Gasteiger partial charge in [0.05, 0.1) is 16.6 Å². The third kappa shape index (κ3) is 6.37. The van der Waals surface area contributed by atoms with Crippen molar-refractivity contribution in [2.75, 3.05) is 37.0 Å². The van der Waals surface area contributed by atoms with Crippen molar-refractivity contribution in [1.29, 1.82) is 0 Å². The largest absolute Gasteiger partial charge is 0.339 e. The predicted octanol–water partition coefficient (Wildman–Crippen LogP) is 5.74. The summed E-state index contributed by atoms with van der Waals surface area (Å²) in [7, 11) is -3.96. The Balaban J connectivity index is 1.37. The van der Waals surface area contributed by atoms with Gasteiger partial charge >= 0.3 is 0 Å². The molecule has 0 aliphatic carbocycles. The van der Waals surface area contributed by atoms with Crippen LogP contribution in [0.3, 0.4) is 0 Å². The van der Waals surface area contributed by atoms with Crippen molar-refractivity contribution < 1.29 is 13.2 Å². The summed E-state index contributed by atoms with van der Waals surface area (Å²) in [4.78, 5) is 18.1. The van der Waals surface area contributed by atoms with Gasteiger partial charge in [0.15, 0.2) is 0 Å². The number of anilines is 1. The minimum Gasteiger partial charge on any atom is -0.339 e. The van der Waals surface area contributed by atoms with Gasteiger partial charge in [-0.05, 0) is 61.2 Å². The highest BCUT2D eigenvalue weighted by Crippen LogP contribution is 2.31. The van der Waals surface area contributed by atoms with Crippen molar-refractivity contribution in [3.63, 3.8) is 0 Å². The zero-order chi connectivity index (χ0) is 29.0. The lowest BCUT2D eigenvalue weighted by Gasteiger charge is -2.40. The minimum absolute atomic E-state index is 0.0861. The van der Waals surface area contributed by atoms with Crippen LogP contribution in [0.15, 0.2) is 108 Å². The number of hydrogen-bond donors (Lipinski definition) is 0. The van der Waals surface area contributed by atoms with Crippen molar-refractivity contribution in [3.05, 3.63) is 131 Å². The highest BCUT2D eigenvalue weighted by atomic mass is 32.2. The van der Waals surface area contributed by atoms with E-state index in [0.717, 1.165) is 16.7 Å². The number of piperazine rings is 1. The average Bonchev–Trinajstić information content (AvgIpc) is 2.99. The standard InChI is InChI=1S/C34H37N3O3S/c1-26-15-18-31(19-16-26)41(39,40)37(32-24-27(2)14-17-28(32)3)25-33(38)35-20-22-36(23-21-35)34(29-10-6-4-7-11-29)30-12-8-5-9-13-30/h4-19,24,34H,20-23,25H2,1-3H3. The summed E-state index contributed by atoms with van der Waals surface area (Å²) in [5.41, 5.74) is 5.67. The first-order valence-corrected chi connectivity index (χ1v) is 15.5. The van der Waals surface area contributed by atoms with E-state index in [-0.39, 0.29) is 23.4 Å². The van der Waals surface area contributed by atoms with Crippen LogP contribution in [-0.4, -0.2) is 56.8 Å². The summed E-state index contributed by atoms with van der Waals surface area (Å²) in [6.45, 7) is 7.91. The fourth-order valence-electron chi connectivity index (χ4n) is 5.46. The highest BCUT2D eigenvalue weighted by Gasteiger charge is 2.32. The number of carbonyl (C=O) groups is 1. The summed E-state index contributed by atoms with van der Waals surface area (Å²) in [5, 5.41) is 0. The number of hydrogen-bond acceptors (Lipinski definition) is 4. The van der Waals surface area contributed by atoms with E-state index in [1.807, 2.05) is 51.1 Å². The molecule has 0 saturated carbocycles. The van der Waals surface area contributed by atoms with E-state index in [4.69, 9.17) is 0 Å². The minimum atomic E-state index is -3.96. The van der Waals surface area contributed by atoms with E-state index < -0.39 is 10.0 Å². The van der Waals surface area contributed by atoms with Crippen molar-refractivity contribution in [1.82, 2.24) is 9.80 Å². The molecule has 1 aliphatic heterocycles. The van der Waals surface area contributed by atoms with E-state index in [1.54, 1.807) is 29.2 Å². The Hall–Kier alpha value is -3.94. The predicted molar refractivity (Wildman–Crippen MR) is 165 cm³/mol. The van der Waals surface area contributed by atoms with Gasteiger partial charge in [-0.3, -0.25) is 14.0 Å². The first kappa shape index (κ1) is 28.6. The summed E-state index contributed by atoms with van der Waals surface area (Å²) < 4.78 is 29.1. The van der Waals surface area contributed by atoms with E-state index >= 15 is 0 Å². The smallest absolute Gasteiger partial charge is 0.264 e. The van der Waals surface area contributed by atoms with Crippen LogP contribution in [0.5, 0.6) is 0 Å². The summed E-state index contributed by atoms with van der Waals surface area (Å²) in [5.74, 6) is -0.197. The van der Waals surface area contributed by atoms with E-state index in [0.29, 0.717) is 31.9 Å². The van der Waals surface area contributed by atoms with Crippen LogP contribution in [0.1, 0.15) is 33.9 Å². The molecule has 5 rings (SSSR count). The van der Waals surface area contributed by atoms with Gasteiger partial charge in [-0.1, -0.05) is 90.5 Å². The molecule has 7 heteroatoms. The number of nitrogens with zero attached hydrogens (tertiary/aromatic N) is 3. The van der Waals surface area contributed by atoms with Gasteiger partial charge in [-0.25, -0.2) is 8.42 Å². The second kappa shape index (κ2) is 12.3. The van der Waals surface area contributed by atoms with Crippen LogP contribution in [-0.2, 0) is 14.8 Å². The molecule has 41 heavy (non-hydrogen) atoms. The van der Waals surface area contributed by atoms with Crippen molar-refractivity contribution >= 4 is 21.6 Å². The van der Waals surface area contributed by atoms with E-state index in [2.05, 4.69) is 53.4 Å². The normalized spacial score (nSPS) is 14.3. The molecule has 4 aromatic rings. The van der Waals surface area contributed by atoms with Crippen molar-refractivity contribution in [2.45, 2.75) is 31.7 Å². The van der Waals surface area contributed by atoms with Crippen LogP contribution >= 0.6 is 0 Å². The molecule has 0 N–H and O–H groups in total. The van der Waals surface area contributed by atoms with E-state index in [1.165, 1.54) is 15.4 Å². The Labute approximate surface area is 243 Å². The fourth-order valence-corrected chi connectivity index (χ4v) is 6.93. The van der Waals surface area contributed by atoms with E-state index in [9.17, 15) is 13.2 Å². The topological polar surface area (TPSA) is 60.9 Å². The Morgan fingerprint density at radius 1 is 0.732 bits per heavy atom. The molecule has 0 unspecified atom stereocenters. The Bertz CT molecular complexity index is 1540. The first-order valence-electron chi connectivity index (χ1n) is 14.0. The molecule has 1 aliphatic rings. The lowest BCUT2D eigenvalue weighted by molar-refractivity contribution is -0.131. The summed E-state index contributed by atoms with van der Waals surface area (Å²) in [6, 6.07) is 33.4. The molecule has 6 nitrogen and oxygen atoms in total. The number of aryl methyl sites for hydroxylation is 3. The highest BCUT2D eigenvalue weighted by molar-refractivity contribution is 7.92. The van der Waals surface area contributed by atoms with Crippen LogP contribution in [0.25, 0.3) is 0 Å². The van der Waals surface area contributed by atoms with Crippen molar-refractivity contribution in [3.8, 4) is 0 Å². The molecule has 0 atom stereocenters. The molecule has 1 saturated heterocycles. The summed E-state index contributed by atoms with van der Waals surface area (Å²) in [6.07, 6.45) is 0. The molecular formula is C34H37N3O3S. The molecule has 1 heterocycles. The number of benzene rings is 4. The Morgan fingerprint density at radius 2 is 1.27 bits per heavy atom. The average molecular weight is 568 g/mol. The maximum Gasteiger partial charge on any atom is 0.264 e. The van der Waals surface area contributed by atoms with Gasteiger partial charge in [0.25, 0.3) is 10.0 Å². The van der Waals surface area contributed by atoms with Crippen LogP contribution < -0.4 is 4.31 Å². The SMILES string of the molecule is Cc1ccc(S(=O)(=O)N(CC(=O)N2CCN(C(c3ccccc3)c3ccccc3)CC2)c2cc(C)ccc2C)cc1. The quantitative estimate of drug-likeness (QED) is 0.272. The van der Waals surface area contributed by atoms with Crippen LogP contribution in [0, 0.1) is 20.8 Å².